The minimum atomic E-state index is -0.737. The van der Waals surface area contributed by atoms with Crippen LogP contribution in [-0.2, 0) is 14.3 Å². The summed E-state index contributed by atoms with van der Waals surface area (Å²) in [5.74, 6) is -1.57. The lowest BCUT2D eigenvalue weighted by molar-refractivity contribution is -0.136. The van der Waals surface area contributed by atoms with E-state index < -0.39 is 24.4 Å². The summed E-state index contributed by atoms with van der Waals surface area (Å²) in [6.07, 6.45) is 1.48. The second kappa shape index (κ2) is 10.3. The van der Waals surface area contributed by atoms with Gasteiger partial charge in [-0.1, -0.05) is 23.7 Å². The molecule has 1 heterocycles. The molecule has 2 rings (SSSR count). The molecular formula is C19H20ClN3O5. The van der Waals surface area contributed by atoms with Gasteiger partial charge in [-0.25, -0.2) is 9.78 Å². The lowest BCUT2D eigenvalue weighted by Gasteiger charge is -2.17. The molecule has 0 fully saturated rings. The van der Waals surface area contributed by atoms with Gasteiger partial charge in [0.2, 0.25) is 11.8 Å². The number of esters is 1. The number of halogens is 1. The molecule has 9 heteroatoms. The summed E-state index contributed by atoms with van der Waals surface area (Å²) >= 11 is 5.98. The third-order valence-electron chi connectivity index (χ3n) is 3.55. The summed E-state index contributed by atoms with van der Waals surface area (Å²) < 4.78 is 10.3. The number of hydrogen-bond acceptors (Lipinski definition) is 6. The number of anilines is 1. The number of carbonyl (C=O) groups excluding carboxylic acids is 3. The molecule has 0 aliphatic heterocycles. The van der Waals surface area contributed by atoms with Crippen molar-refractivity contribution < 1.29 is 23.9 Å². The van der Waals surface area contributed by atoms with Gasteiger partial charge in [-0.05, 0) is 31.2 Å². The molecule has 0 radical (unpaired) electrons. The number of hydrogen-bond donors (Lipinski definition) is 1. The topological polar surface area (TPSA) is 97.8 Å². The van der Waals surface area contributed by atoms with Crippen LogP contribution in [0.1, 0.15) is 17.3 Å². The number of para-hydroxylation sites is 1. The van der Waals surface area contributed by atoms with Gasteiger partial charge in [-0.3, -0.25) is 9.59 Å². The van der Waals surface area contributed by atoms with Gasteiger partial charge < -0.3 is 19.7 Å². The molecule has 0 atom stereocenters. The van der Waals surface area contributed by atoms with Gasteiger partial charge in [0.1, 0.15) is 5.56 Å². The average Bonchev–Trinajstić information content (AvgIpc) is 2.68. The normalized spacial score (nSPS) is 10.1. The molecule has 1 N–H and O–H groups in total. The molecule has 0 spiro atoms. The summed E-state index contributed by atoms with van der Waals surface area (Å²) in [4.78, 5) is 41.5. The summed E-state index contributed by atoms with van der Waals surface area (Å²) in [6.45, 7) is 1.35. The Morgan fingerprint density at radius 2 is 1.93 bits per heavy atom. The smallest absolute Gasteiger partial charge is 0.344 e. The van der Waals surface area contributed by atoms with Crippen molar-refractivity contribution in [2.75, 3.05) is 32.1 Å². The number of benzene rings is 1. The molecule has 0 unspecified atom stereocenters. The van der Waals surface area contributed by atoms with E-state index in [4.69, 9.17) is 21.1 Å². The number of likely N-dealkylation sites (N-methyl/N-ethyl adjacent to an activating group) is 1. The molecule has 28 heavy (non-hydrogen) atoms. The predicted molar refractivity (Wildman–Crippen MR) is 103 cm³/mol. The number of rotatable bonds is 8. The number of nitrogens with zero attached hydrogens (tertiary/aromatic N) is 2. The molecule has 0 aliphatic carbocycles. The summed E-state index contributed by atoms with van der Waals surface area (Å²) in [7, 11) is 1.43. The zero-order valence-electron chi connectivity index (χ0n) is 15.5. The Labute approximate surface area is 167 Å². The molecular weight excluding hydrogens is 386 g/mol. The molecule has 2 amide bonds. The van der Waals surface area contributed by atoms with Gasteiger partial charge in [0.05, 0.1) is 23.9 Å². The van der Waals surface area contributed by atoms with E-state index in [2.05, 4.69) is 10.3 Å². The van der Waals surface area contributed by atoms with Crippen molar-refractivity contribution in [2.24, 2.45) is 0 Å². The Hall–Kier alpha value is -3.13. The quantitative estimate of drug-likeness (QED) is 0.677. The molecule has 0 saturated carbocycles. The number of aromatic nitrogens is 1. The monoisotopic (exact) mass is 405 g/mol. The molecule has 8 nitrogen and oxygen atoms in total. The van der Waals surface area contributed by atoms with Crippen LogP contribution >= 0.6 is 11.6 Å². The largest absolute Gasteiger partial charge is 0.477 e. The van der Waals surface area contributed by atoms with Crippen LogP contribution in [0, 0.1) is 0 Å². The van der Waals surface area contributed by atoms with E-state index in [1.165, 1.54) is 19.3 Å². The first-order chi connectivity index (χ1) is 13.4. The first-order valence-electron chi connectivity index (χ1n) is 8.45. The van der Waals surface area contributed by atoms with E-state index in [0.29, 0.717) is 17.3 Å². The number of carbonyl (C=O) groups is 3. The summed E-state index contributed by atoms with van der Waals surface area (Å²) in [5.41, 5.74) is 0.567. The third-order valence-corrected chi connectivity index (χ3v) is 3.88. The fourth-order valence-electron chi connectivity index (χ4n) is 2.17. The van der Waals surface area contributed by atoms with Gasteiger partial charge in [-0.15, -0.1) is 0 Å². The van der Waals surface area contributed by atoms with Crippen LogP contribution in [0.4, 0.5) is 5.69 Å². The Kier molecular flexibility index (Phi) is 7.76. The highest BCUT2D eigenvalue weighted by atomic mass is 35.5. The third kappa shape index (κ3) is 5.95. The SMILES string of the molecule is CCOc1ncccc1C(=O)OCC(=O)N(C)CC(=O)Nc1ccccc1Cl. The van der Waals surface area contributed by atoms with Gasteiger partial charge in [-0.2, -0.15) is 0 Å². The maximum atomic E-state index is 12.2. The van der Waals surface area contributed by atoms with Crippen LogP contribution in [0.25, 0.3) is 0 Å². The number of nitrogens with one attached hydrogen (secondary N) is 1. The van der Waals surface area contributed by atoms with Crippen molar-refractivity contribution in [3.05, 3.63) is 53.2 Å². The number of pyridine rings is 1. The van der Waals surface area contributed by atoms with Crippen LogP contribution in [0.5, 0.6) is 5.88 Å². The first kappa shape index (κ1) is 21.2. The van der Waals surface area contributed by atoms with E-state index in [0.717, 1.165) is 4.90 Å². The fraction of sp³-hybridized carbons (Fsp3) is 0.263. The molecule has 0 saturated heterocycles. The zero-order valence-corrected chi connectivity index (χ0v) is 16.2. The van der Waals surface area contributed by atoms with Crippen molar-refractivity contribution in [2.45, 2.75) is 6.92 Å². The maximum absolute atomic E-state index is 12.2. The van der Waals surface area contributed by atoms with E-state index in [9.17, 15) is 14.4 Å². The molecule has 1 aromatic heterocycles. The van der Waals surface area contributed by atoms with Crippen molar-refractivity contribution >= 4 is 35.1 Å². The molecule has 1 aromatic carbocycles. The zero-order chi connectivity index (χ0) is 20.5. The first-order valence-corrected chi connectivity index (χ1v) is 8.83. The lowest BCUT2D eigenvalue weighted by atomic mass is 10.3. The summed E-state index contributed by atoms with van der Waals surface area (Å²) in [5, 5.41) is 3.00. The van der Waals surface area contributed by atoms with Crippen molar-refractivity contribution in [1.29, 1.82) is 0 Å². The van der Waals surface area contributed by atoms with Crippen LogP contribution < -0.4 is 10.1 Å². The van der Waals surface area contributed by atoms with Crippen molar-refractivity contribution in [3.63, 3.8) is 0 Å². The minimum Gasteiger partial charge on any atom is -0.477 e. The van der Waals surface area contributed by atoms with Crippen molar-refractivity contribution in [1.82, 2.24) is 9.88 Å². The van der Waals surface area contributed by atoms with E-state index in [1.54, 1.807) is 37.3 Å². The Morgan fingerprint density at radius 3 is 2.64 bits per heavy atom. The maximum Gasteiger partial charge on any atom is 0.344 e. The predicted octanol–water partition coefficient (Wildman–Crippen LogP) is 2.39. The van der Waals surface area contributed by atoms with Crippen LogP contribution in [0.2, 0.25) is 5.02 Å². The number of ether oxygens (including phenoxy) is 2. The minimum absolute atomic E-state index is 0.122. The Balaban J connectivity index is 1.86. The molecule has 0 bridgehead atoms. The van der Waals surface area contributed by atoms with E-state index in [-0.39, 0.29) is 18.0 Å². The second-order valence-corrected chi connectivity index (χ2v) is 6.05. The van der Waals surface area contributed by atoms with Gasteiger partial charge in [0.15, 0.2) is 6.61 Å². The molecule has 2 aromatic rings. The van der Waals surface area contributed by atoms with Crippen LogP contribution in [0.15, 0.2) is 42.6 Å². The fourth-order valence-corrected chi connectivity index (χ4v) is 2.35. The van der Waals surface area contributed by atoms with Gasteiger partial charge in [0.25, 0.3) is 5.91 Å². The van der Waals surface area contributed by atoms with Crippen LogP contribution in [-0.4, -0.2) is 54.5 Å². The van der Waals surface area contributed by atoms with E-state index >= 15 is 0 Å². The van der Waals surface area contributed by atoms with Crippen LogP contribution in [0.3, 0.4) is 0 Å². The van der Waals surface area contributed by atoms with Gasteiger partial charge >= 0.3 is 5.97 Å². The van der Waals surface area contributed by atoms with E-state index in [1.807, 2.05) is 0 Å². The highest BCUT2D eigenvalue weighted by Gasteiger charge is 2.19. The van der Waals surface area contributed by atoms with Gasteiger partial charge in [0, 0.05) is 13.2 Å². The highest BCUT2D eigenvalue weighted by molar-refractivity contribution is 6.33. The Bertz CT molecular complexity index is 859. The molecule has 0 aliphatic rings. The summed E-state index contributed by atoms with van der Waals surface area (Å²) in [6, 6.07) is 9.80. The Morgan fingerprint density at radius 1 is 1.18 bits per heavy atom. The number of amides is 2. The second-order valence-electron chi connectivity index (χ2n) is 5.64. The average molecular weight is 406 g/mol. The molecule has 148 valence electrons. The van der Waals surface area contributed by atoms with Crippen molar-refractivity contribution in [3.8, 4) is 5.88 Å². The standard InChI is InChI=1S/C19H20ClN3O5/c1-3-27-18-13(7-6-10-21-18)19(26)28-12-17(25)23(2)11-16(24)22-15-9-5-4-8-14(15)20/h4-10H,3,11-12H2,1-2H3,(H,22,24). The highest BCUT2D eigenvalue weighted by Crippen LogP contribution is 2.20. The lowest BCUT2D eigenvalue weighted by Crippen LogP contribution is -2.37.